The van der Waals surface area contributed by atoms with Gasteiger partial charge in [-0.25, -0.2) is 9.78 Å². The van der Waals surface area contributed by atoms with E-state index in [0.717, 1.165) is 5.39 Å². The molecule has 0 fully saturated rings. The number of rotatable bonds is 5. The van der Waals surface area contributed by atoms with Crippen LogP contribution in [0.15, 0.2) is 29.1 Å². The van der Waals surface area contributed by atoms with E-state index in [9.17, 15) is 14.4 Å². The van der Waals surface area contributed by atoms with Crippen molar-refractivity contribution in [3.8, 4) is 0 Å². The minimum absolute atomic E-state index is 0.129. The molecule has 0 spiro atoms. The lowest BCUT2D eigenvalue weighted by atomic mass is 10.2. The highest BCUT2D eigenvalue weighted by Gasteiger charge is 2.15. The molecule has 8 heteroatoms. The van der Waals surface area contributed by atoms with Crippen LogP contribution < -0.4 is 16.2 Å². The van der Waals surface area contributed by atoms with E-state index < -0.39 is 11.7 Å². The lowest BCUT2D eigenvalue weighted by Crippen LogP contribution is -2.35. The molecule has 0 aromatic carbocycles. The summed E-state index contributed by atoms with van der Waals surface area (Å²) in [5.74, 6) is -0.223. The summed E-state index contributed by atoms with van der Waals surface area (Å²) < 4.78 is 5.08. The Morgan fingerprint density at radius 3 is 2.60 bits per heavy atom. The summed E-state index contributed by atoms with van der Waals surface area (Å²) in [7, 11) is 0. The van der Waals surface area contributed by atoms with Crippen molar-refractivity contribution in [3.63, 3.8) is 0 Å². The summed E-state index contributed by atoms with van der Waals surface area (Å²) in [5.41, 5.74) is 0.303. The van der Waals surface area contributed by atoms with E-state index in [1.54, 1.807) is 32.9 Å². The molecule has 3 N–H and O–H groups in total. The van der Waals surface area contributed by atoms with Crippen molar-refractivity contribution in [2.24, 2.45) is 0 Å². The number of fused-ring (bicyclic) bond motifs is 1. The van der Waals surface area contributed by atoms with E-state index >= 15 is 0 Å². The minimum Gasteiger partial charge on any atom is -0.444 e. The predicted molar refractivity (Wildman–Crippen MR) is 93.1 cm³/mol. The second kappa shape index (κ2) is 7.78. The Hall–Kier alpha value is -2.90. The molecule has 2 amide bonds. The zero-order chi connectivity index (χ0) is 18.4. The highest BCUT2D eigenvalue weighted by Crippen LogP contribution is 2.08. The lowest BCUT2D eigenvalue weighted by molar-refractivity contribution is -0.121. The number of amides is 2. The summed E-state index contributed by atoms with van der Waals surface area (Å²) in [6.07, 6.45) is -0.427. The van der Waals surface area contributed by atoms with E-state index in [4.69, 9.17) is 4.74 Å². The summed E-state index contributed by atoms with van der Waals surface area (Å²) in [6.45, 7) is 5.71. The molecule has 0 saturated carbocycles. The first kappa shape index (κ1) is 18.4. The molecule has 8 nitrogen and oxygen atoms in total. The lowest BCUT2D eigenvalue weighted by Gasteiger charge is -2.19. The van der Waals surface area contributed by atoms with Gasteiger partial charge in [-0.1, -0.05) is 0 Å². The molecule has 25 heavy (non-hydrogen) atoms. The third kappa shape index (κ3) is 6.25. The number of hydrogen-bond donors (Lipinski definition) is 3. The molecule has 134 valence electrons. The van der Waals surface area contributed by atoms with Gasteiger partial charge in [-0.05, 0) is 39.0 Å². The van der Waals surface area contributed by atoms with Crippen LogP contribution in [-0.2, 0) is 16.1 Å². The topological polar surface area (TPSA) is 113 Å². The van der Waals surface area contributed by atoms with Crippen molar-refractivity contribution in [1.29, 1.82) is 0 Å². The monoisotopic (exact) mass is 346 g/mol. The van der Waals surface area contributed by atoms with Crippen LogP contribution in [0.1, 0.15) is 32.9 Å². The van der Waals surface area contributed by atoms with Crippen LogP contribution in [0, 0.1) is 0 Å². The van der Waals surface area contributed by atoms with Crippen molar-refractivity contribution in [1.82, 2.24) is 20.6 Å². The average molecular weight is 346 g/mol. The number of pyridine rings is 2. The zero-order valence-electron chi connectivity index (χ0n) is 14.5. The van der Waals surface area contributed by atoms with Crippen LogP contribution in [0.25, 0.3) is 11.0 Å². The van der Waals surface area contributed by atoms with Gasteiger partial charge >= 0.3 is 6.09 Å². The second-order valence-electron chi connectivity index (χ2n) is 6.52. The fourth-order valence-corrected chi connectivity index (χ4v) is 2.04. The zero-order valence-corrected chi connectivity index (χ0v) is 14.5. The number of aromatic amines is 1. The molecule has 2 heterocycles. The summed E-state index contributed by atoms with van der Waals surface area (Å²) in [5, 5.41) is 6.05. The Bertz CT molecular complexity index is 823. The average Bonchev–Trinajstić information content (AvgIpc) is 2.50. The van der Waals surface area contributed by atoms with Crippen molar-refractivity contribution >= 4 is 23.0 Å². The maximum absolute atomic E-state index is 11.8. The molecular weight excluding hydrogens is 324 g/mol. The molecule has 0 bridgehead atoms. The quantitative estimate of drug-likeness (QED) is 0.758. The Balaban J connectivity index is 1.78. The SMILES string of the molecule is CC(C)(C)OC(=O)NCCC(=O)NCc1ccc2ccc(=O)[nH]c2n1. The van der Waals surface area contributed by atoms with Crippen LogP contribution in [0.4, 0.5) is 4.79 Å². The number of carbonyl (C=O) groups is 2. The van der Waals surface area contributed by atoms with Gasteiger partial charge in [-0.2, -0.15) is 0 Å². The van der Waals surface area contributed by atoms with Gasteiger partial charge in [0.05, 0.1) is 12.2 Å². The fourth-order valence-electron chi connectivity index (χ4n) is 2.04. The molecule has 2 rings (SSSR count). The second-order valence-corrected chi connectivity index (χ2v) is 6.52. The number of hydrogen-bond acceptors (Lipinski definition) is 5. The first-order valence-corrected chi connectivity index (χ1v) is 7.95. The molecule has 0 saturated heterocycles. The Labute approximate surface area is 145 Å². The fraction of sp³-hybridized carbons (Fsp3) is 0.412. The first-order chi connectivity index (χ1) is 11.7. The van der Waals surface area contributed by atoms with E-state index in [0.29, 0.717) is 11.3 Å². The number of carbonyl (C=O) groups excluding carboxylic acids is 2. The number of alkyl carbamates (subject to hydrolysis) is 1. The Morgan fingerprint density at radius 1 is 1.16 bits per heavy atom. The number of nitrogens with one attached hydrogen (secondary N) is 3. The van der Waals surface area contributed by atoms with Crippen molar-refractivity contribution < 1.29 is 14.3 Å². The third-order valence-corrected chi connectivity index (χ3v) is 3.13. The van der Waals surface area contributed by atoms with Gasteiger partial charge in [-0.3, -0.25) is 9.59 Å². The van der Waals surface area contributed by atoms with E-state index in [1.165, 1.54) is 6.07 Å². The van der Waals surface area contributed by atoms with Crippen LogP contribution in [0.5, 0.6) is 0 Å². The highest BCUT2D eigenvalue weighted by molar-refractivity contribution is 5.77. The van der Waals surface area contributed by atoms with Crippen molar-refractivity contribution in [3.05, 3.63) is 40.3 Å². The van der Waals surface area contributed by atoms with Gasteiger partial charge in [0, 0.05) is 24.4 Å². The molecule has 2 aromatic heterocycles. The van der Waals surface area contributed by atoms with E-state index in [2.05, 4.69) is 20.6 Å². The molecule has 0 radical (unpaired) electrons. The van der Waals surface area contributed by atoms with E-state index in [1.807, 2.05) is 6.07 Å². The molecule has 0 aliphatic rings. The molecular formula is C17H22N4O4. The van der Waals surface area contributed by atoms with Gasteiger partial charge in [0.2, 0.25) is 11.5 Å². The molecule has 0 aliphatic heterocycles. The number of nitrogens with zero attached hydrogens (tertiary/aromatic N) is 1. The smallest absolute Gasteiger partial charge is 0.407 e. The summed E-state index contributed by atoms with van der Waals surface area (Å²) >= 11 is 0. The Kier molecular flexibility index (Phi) is 5.74. The number of ether oxygens (including phenoxy) is 1. The van der Waals surface area contributed by atoms with Gasteiger partial charge in [0.15, 0.2) is 0 Å². The standard InChI is InChI=1S/C17H22N4O4/c1-17(2,3)25-16(24)18-9-8-13(22)19-10-12-6-4-11-5-7-14(23)21-15(11)20-12/h4-7H,8-10H2,1-3H3,(H,18,24)(H,19,22)(H,20,21,23). The van der Waals surface area contributed by atoms with Gasteiger partial charge < -0.3 is 20.4 Å². The molecule has 0 aliphatic carbocycles. The normalized spacial score (nSPS) is 11.2. The predicted octanol–water partition coefficient (Wildman–Crippen LogP) is 1.45. The minimum atomic E-state index is -0.574. The van der Waals surface area contributed by atoms with Crippen molar-refractivity contribution in [2.45, 2.75) is 39.3 Å². The first-order valence-electron chi connectivity index (χ1n) is 7.95. The van der Waals surface area contributed by atoms with Crippen LogP contribution in [0.2, 0.25) is 0 Å². The van der Waals surface area contributed by atoms with Crippen LogP contribution >= 0.6 is 0 Å². The van der Waals surface area contributed by atoms with Gasteiger partial charge in [0.1, 0.15) is 11.2 Å². The number of aromatic nitrogens is 2. The van der Waals surface area contributed by atoms with Crippen LogP contribution in [-0.4, -0.2) is 34.1 Å². The molecule has 0 atom stereocenters. The molecule has 0 unspecified atom stereocenters. The summed E-state index contributed by atoms with van der Waals surface area (Å²) in [4.78, 5) is 41.5. The maximum Gasteiger partial charge on any atom is 0.407 e. The van der Waals surface area contributed by atoms with Crippen molar-refractivity contribution in [2.75, 3.05) is 6.54 Å². The largest absolute Gasteiger partial charge is 0.444 e. The Morgan fingerprint density at radius 2 is 1.88 bits per heavy atom. The molecule has 2 aromatic rings. The third-order valence-electron chi connectivity index (χ3n) is 3.13. The highest BCUT2D eigenvalue weighted by atomic mass is 16.6. The maximum atomic E-state index is 11.8. The number of H-pyrrole nitrogens is 1. The van der Waals surface area contributed by atoms with Gasteiger partial charge in [0.25, 0.3) is 0 Å². The van der Waals surface area contributed by atoms with E-state index in [-0.39, 0.29) is 31.0 Å². The summed E-state index contributed by atoms with van der Waals surface area (Å²) in [6, 6.07) is 6.72. The van der Waals surface area contributed by atoms with Gasteiger partial charge in [-0.15, -0.1) is 0 Å². The van der Waals surface area contributed by atoms with Crippen LogP contribution in [0.3, 0.4) is 0 Å².